The van der Waals surface area contributed by atoms with Crippen molar-refractivity contribution in [3.05, 3.63) is 23.9 Å². The van der Waals surface area contributed by atoms with E-state index in [1.807, 2.05) is 13.0 Å². The molecule has 0 radical (unpaired) electrons. The summed E-state index contributed by atoms with van der Waals surface area (Å²) in [6.07, 6.45) is 2.48. The van der Waals surface area contributed by atoms with Crippen molar-refractivity contribution >= 4 is 11.7 Å². The molecule has 1 fully saturated rings. The van der Waals surface area contributed by atoms with Gasteiger partial charge in [-0.25, -0.2) is 4.98 Å². The van der Waals surface area contributed by atoms with Crippen molar-refractivity contribution in [1.29, 1.82) is 0 Å². The van der Waals surface area contributed by atoms with Crippen LogP contribution in [0.1, 0.15) is 23.7 Å². The number of hydrogen-bond donors (Lipinski definition) is 2. The molecule has 0 aliphatic carbocycles. The van der Waals surface area contributed by atoms with Crippen LogP contribution in [0.5, 0.6) is 0 Å². The third-order valence-electron chi connectivity index (χ3n) is 3.20. The predicted octanol–water partition coefficient (Wildman–Crippen LogP) is 0.968. The molecule has 2 N–H and O–H groups in total. The Morgan fingerprint density at radius 1 is 1.61 bits per heavy atom. The van der Waals surface area contributed by atoms with Gasteiger partial charge in [0.1, 0.15) is 5.82 Å². The third-order valence-corrected chi connectivity index (χ3v) is 3.20. The number of nitrogens with one attached hydrogen (secondary N) is 1. The van der Waals surface area contributed by atoms with Gasteiger partial charge in [0.15, 0.2) is 0 Å². The lowest BCUT2D eigenvalue weighted by Gasteiger charge is -2.16. The van der Waals surface area contributed by atoms with E-state index in [9.17, 15) is 4.79 Å². The SMILES string of the molecule is CCNc1ccc(C(=O)N2CCC(CO)C2)cn1. The first-order valence-corrected chi connectivity index (χ1v) is 6.34. The number of carbonyl (C=O) groups is 1. The van der Waals surface area contributed by atoms with Crippen molar-refractivity contribution in [2.45, 2.75) is 13.3 Å². The van der Waals surface area contributed by atoms with Gasteiger partial charge >= 0.3 is 0 Å². The molecule has 1 aromatic heterocycles. The molecule has 1 amide bonds. The van der Waals surface area contributed by atoms with Crippen molar-refractivity contribution in [1.82, 2.24) is 9.88 Å². The summed E-state index contributed by atoms with van der Waals surface area (Å²) in [6.45, 7) is 4.33. The van der Waals surface area contributed by atoms with Gasteiger partial charge in [-0.05, 0) is 25.5 Å². The standard InChI is InChI=1S/C13H19N3O2/c1-2-14-12-4-3-11(7-15-12)13(18)16-6-5-10(8-16)9-17/h3-4,7,10,17H,2,5-6,8-9H2,1H3,(H,14,15). The second kappa shape index (κ2) is 5.82. The fraction of sp³-hybridized carbons (Fsp3) is 0.538. The maximum absolute atomic E-state index is 12.2. The number of aromatic nitrogens is 1. The Morgan fingerprint density at radius 3 is 3.00 bits per heavy atom. The van der Waals surface area contributed by atoms with Crippen LogP contribution in [0.25, 0.3) is 0 Å². The van der Waals surface area contributed by atoms with Crippen molar-refractivity contribution in [2.75, 3.05) is 31.6 Å². The zero-order valence-corrected chi connectivity index (χ0v) is 10.6. The monoisotopic (exact) mass is 249 g/mol. The smallest absolute Gasteiger partial charge is 0.255 e. The molecule has 1 unspecified atom stereocenters. The van der Waals surface area contributed by atoms with Crippen LogP contribution in [0.4, 0.5) is 5.82 Å². The van der Waals surface area contributed by atoms with E-state index in [4.69, 9.17) is 5.11 Å². The Kier molecular flexibility index (Phi) is 4.15. The number of anilines is 1. The first kappa shape index (κ1) is 12.8. The Hall–Kier alpha value is -1.62. The highest BCUT2D eigenvalue weighted by Gasteiger charge is 2.26. The van der Waals surface area contributed by atoms with Crippen molar-refractivity contribution in [2.24, 2.45) is 5.92 Å². The van der Waals surface area contributed by atoms with Crippen LogP contribution in [-0.4, -0.2) is 47.1 Å². The number of aliphatic hydroxyl groups excluding tert-OH is 1. The summed E-state index contributed by atoms with van der Waals surface area (Å²) in [5.41, 5.74) is 0.607. The molecular weight excluding hydrogens is 230 g/mol. The lowest BCUT2D eigenvalue weighted by molar-refractivity contribution is 0.0781. The van der Waals surface area contributed by atoms with Gasteiger partial charge in [-0.1, -0.05) is 0 Å². The zero-order valence-electron chi connectivity index (χ0n) is 10.6. The molecular formula is C13H19N3O2. The van der Waals surface area contributed by atoms with Crippen LogP contribution >= 0.6 is 0 Å². The number of amides is 1. The Labute approximate surface area is 107 Å². The van der Waals surface area contributed by atoms with Crippen LogP contribution in [0, 0.1) is 5.92 Å². The summed E-state index contributed by atoms with van der Waals surface area (Å²) in [7, 11) is 0. The zero-order chi connectivity index (χ0) is 13.0. The van der Waals surface area contributed by atoms with Crippen LogP contribution in [-0.2, 0) is 0 Å². The fourth-order valence-electron chi connectivity index (χ4n) is 2.15. The summed E-state index contributed by atoms with van der Waals surface area (Å²) in [6, 6.07) is 3.61. The van der Waals surface area contributed by atoms with Gasteiger partial charge in [0.05, 0.1) is 5.56 Å². The number of aliphatic hydroxyl groups is 1. The summed E-state index contributed by atoms with van der Waals surface area (Å²) >= 11 is 0. The lowest BCUT2D eigenvalue weighted by Crippen LogP contribution is -2.29. The van der Waals surface area contributed by atoms with Crippen LogP contribution in [0.15, 0.2) is 18.3 Å². The molecule has 1 aliphatic heterocycles. The summed E-state index contributed by atoms with van der Waals surface area (Å²) in [5, 5.41) is 12.2. The molecule has 5 heteroatoms. The fourth-order valence-corrected chi connectivity index (χ4v) is 2.15. The highest BCUT2D eigenvalue weighted by atomic mass is 16.3. The molecule has 18 heavy (non-hydrogen) atoms. The molecule has 5 nitrogen and oxygen atoms in total. The number of likely N-dealkylation sites (tertiary alicyclic amines) is 1. The van der Waals surface area contributed by atoms with E-state index in [1.54, 1.807) is 17.2 Å². The molecule has 0 aromatic carbocycles. The van der Waals surface area contributed by atoms with Crippen LogP contribution in [0.2, 0.25) is 0 Å². The Bertz CT molecular complexity index is 405. The van der Waals surface area contributed by atoms with Crippen LogP contribution in [0.3, 0.4) is 0 Å². The minimum Gasteiger partial charge on any atom is -0.396 e. The average Bonchev–Trinajstić information content (AvgIpc) is 2.88. The average molecular weight is 249 g/mol. The molecule has 98 valence electrons. The van der Waals surface area contributed by atoms with E-state index in [2.05, 4.69) is 10.3 Å². The Balaban J connectivity index is 2.00. The maximum Gasteiger partial charge on any atom is 0.255 e. The number of nitrogens with zero attached hydrogens (tertiary/aromatic N) is 2. The summed E-state index contributed by atoms with van der Waals surface area (Å²) < 4.78 is 0. The molecule has 0 bridgehead atoms. The lowest BCUT2D eigenvalue weighted by atomic mass is 10.1. The molecule has 2 rings (SSSR count). The summed E-state index contributed by atoms with van der Waals surface area (Å²) in [5.74, 6) is 1.01. The molecule has 2 heterocycles. The number of hydrogen-bond acceptors (Lipinski definition) is 4. The Morgan fingerprint density at radius 2 is 2.44 bits per heavy atom. The van der Waals surface area contributed by atoms with Crippen molar-refractivity contribution < 1.29 is 9.90 Å². The van der Waals surface area contributed by atoms with Gasteiger partial charge in [-0.15, -0.1) is 0 Å². The number of rotatable bonds is 4. The first-order chi connectivity index (χ1) is 8.74. The highest BCUT2D eigenvalue weighted by molar-refractivity contribution is 5.94. The topological polar surface area (TPSA) is 65.5 Å². The van der Waals surface area contributed by atoms with E-state index < -0.39 is 0 Å². The molecule has 0 saturated carbocycles. The van der Waals surface area contributed by atoms with Gasteiger partial charge in [-0.2, -0.15) is 0 Å². The predicted molar refractivity (Wildman–Crippen MR) is 69.5 cm³/mol. The molecule has 0 spiro atoms. The highest BCUT2D eigenvalue weighted by Crippen LogP contribution is 2.18. The van der Waals surface area contributed by atoms with E-state index >= 15 is 0 Å². The molecule has 1 aromatic rings. The van der Waals surface area contributed by atoms with E-state index in [0.717, 1.165) is 25.3 Å². The second-order valence-electron chi connectivity index (χ2n) is 4.55. The summed E-state index contributed by atoms with van der Waals surface area (Å²) in [4.78, 5) is 18.1. The van der Waals surface area contributed by atoms with Gasteiger partial charge in [0.2, 0.25) is 0 Å². The molecule has 1 aliphatic rings. The van der Waals surface area contributed by atoms with E-state index in [-0.39, 0.29) is 18.4 Å². The number of carbonyl (C=O) groups excluding carboxylic acids is 1. The van der Waals surface area contributed by atoms with Crippen LogP contribution < -0.4 is 5.32 Å². The second-order valence-corrected chi connectivity index (χ2v) is 4.55. The third kappa shape index (κ3) is 2.79. The first-order valence-electron chi connectivity index (χ1n) is 6.34. The molecule has 1 atom stereocenters. The number of pyridine rings is 1. The van der Waals surface area contributed by atoms with E-state index in [1.165, 1.54) is 0 Å². The normalized spacial score (nSPS) is 19.0. The van der Waals surface area contributed by atoms with Gasteiger partial charge in [-0.3, -0.25) is 4.79 Å². The van der Waals surface area contributed by atoms with Gasteiger partial charge < -0.3 is 15.3 Å². The minimum absolute atomic E-state index is 0.00139. The largest absolute Gasteiger partial charge is 0.396 e. The van der Waals surface area contributed by atoms with Gasteiger partial charge in [0, 0.05) is 38.4 Å². The minimum atomic E-state index is 0.00139. The molecule has 1 saturated heterocycles. The van der Waals surface area contributed by atoms with E-state index in [0.29, 0.717) is 12.1 Å². The quantitative estimate of drug-likeness (QED) is 0.834. The van der Waals surface area contributed by atoms with Crippen molar-refractivity contribution in [3.8, 4) is 0 Å². The maximum atomic E-state index is 12.2. The van der Waals surface area contributed by atoms with Crippen molar-refractivity contribution in [3.63, 3.8) is 0 Å². The van der Waals surface area contributed by atoms with Gasteiger partial charge in [0.25, 0.3) is 5.91 Å².